The highest BCUT2D eigenvalue weighted by molar-refractivity contribution is 6.73. The summed E-state index contributed by atoms with van der Waals surface area (Å²) in [6.07, 6.45) is 0.297. The summed E-state index contributed by atoms with van der Waals surface area (Å²) in [7, 11) is -1.91. The van der Waals surface area contributed by atoms with Gasteiger partial charge in [-0.2, -0.15) is 0 Å². The van der Waals surface area contributed by atoms with Gasteiger partial charge in [0.15, 0.2) is 8.32 Å². The van der Waals surface area contributed by atoms with E-state index >= 15 is 0 Å². The Morgan fingerprint density at radius 3 is 2.35 bits per heavy atom. The molecular weight excluding hydrogens is 486 g/mol. The molecule has 0 saturated carbocycles. The minimum Gasteiger partial charge on any atom is -0.488 e. The van der Waals surface area contributed by atoms with Crippen molar-refractivity contribution in [2.45, 2.75) is 71.3 Å². The number of aliphatic carboxylic acids is 1. The van der Waals surface area contributed by atoms with Crippen LogP contribution in [0.1, 0.15) is 40.2 Å². The maximum atomic E-state index is 13.3. The fourth-order valence-corrected chi connectivity index (χ4v) is 9.19. The molecule has 1 amide bonds. The van der Waals surface area contributed by atoms with Crippen molar-refractivity contribution < 1.29 is 29.0 Å². The zero-order valence-corrected chi connectivity index (χ0v) is 23.5. The highest BCUT2D eigenvalue weighted by atomic mass is 28.4. The van der Waals surface area contributed by atoms with Gasteiger partial charge < -0.3 is 24.3 Å². The summed E-state index contributed by atoms with van der Waals surface area (Å²) in [4.78, 5) is 27.1. The number of carbonyl (C=O) groups is 2. The van der Waals surface area contributed by atoms with E-state index < -0.39 is 14.3 Å². The first-order valence-corrected chi connectivity index (χ1v) is 16.0. The molecule has 2 heterocycles. The average Bonchev–Trinajstić information content (AvgIpc) is 3.14. The third-order valence-electron chi connectivity index (χ3n) is 8.61. The van der Waals surface area contributed by atoms with Gasteiger partial charge in [0.1, 0.15) is 18.1 Å². The summed E-state index contributed by atoms with van der Waals surface area (Å²) in [5, 5.41) is 21.4. The standard InChI is InChI=1S/C29H39NO6Si/c1-6-37(7-2,8-3)36-19(5)25-26-18(4)23(27(29(33)34)30(26)28(25)32)17-35-24-14-10-12-21-20(15-16-31)11-9-13-22(21)24/h9-14,18-19,25-26,31H,6-8,15-17H2,1-5H3,(H,33,34)/t18-,19+,25+,26?/m0/s1. The number of carboxylic acid groups (broad SMARTS) is 1. The van der Waals surface area contributed by atoms with E-state index in [9.17, 15) is 19.8 Å². The Balaban J connectivity index is 1.58. The maximum absolute atomic E-state index is 13.3. The quantitative estimate of drug-likeness (QED) is 0.300. The lowest BCUT2D eigenvalue weighted by atomic mass is 9.78. The van der Waals surface area contributed by atoms with Gasteiger partial charge in [-0.05, 0) is 48.5 Å². The number of β-lactam (4-membered cyclic amide) rings is 1. The summed E-state index contributed by atoms with van der Waals surface area (Å²) in [5.41, 5.74) is 1.72. The second kappa shape index (κ2) is 11.0. The number of aliphatic hydroxyl groups is 1. The molecule has 2 N–H and O–H groups in total. The zero-order chi connectivity index (χ0) is 26.9. The largest absolute Gasteiger partial charge is 0.488 e. The van der Waals surface area contributed by atoms with Crippen molar-refractivity contribution in [1.82, 2.24) is 4.90 Å². The molecule has 1 saturated heterocycles. The molecule has 0 bridgehead atoms. The molecule has 1 fully saturated rings. The Bertz CT molecular complexity index is 1200. The van der Waals surface area contributed by atoms with Crippen LogP contribution in [0.5, 0.6) is 5.75 Å². The lowest BCUT2D eigenvalue weighted by Gasteiger charge is -2.49. The number of carbonyl (C=O) groups excluding carboxylic acids is 1. The summed E-state index contributed by atoms with van der Waals surface area (Å²) in [5.74, 6) is -1.12. The van der Waals surface area contributed by atoms with Crippen LogP contribution < -0.4 is 4.74 Å². The van der Waals surface area contributed by atoms with Crippen LogP contribution in [0, 0.1) is 11.8 Å². The molecular formula is C29H39NO6Si. The molecule has 0 radical (unpaired) electrons. The van der Waals surface area contributed by atoms with Gasteiger partial charge in [0, 0.05) is 23.5 Å². The lowest BCUT2D eigenvalue weighted by molar-refractivity contribution is -0.162. The second-order valence-corrected chi connectivity index (χ2v) is 15.0. The molecule has 37 heavy (non-hydrogen) atoms. The third-order valence-corrected chi connectivity index (χ3v) is 13.3. The van der Waals surface area contributed by atoms with Crippen LogP contribution in [-0.2, 0) is 20.4 Å². The number of aliphatic hydroxyl groups excluding tert-OH is 1. The van der Waals surface area contributed by atoms with Crippen molar-refractivity contribution in [2.24, 2.45) is 11.8 Å². The number of hydrogen-bond donors (Lipinski definition) is 2. The van der Waals surface area contributed by atoms with Gasteiger partial charge in [-0.1, -0.05) is 58.0 Å². The molecule has 200 valence electrons. The van der Waals surface area contributed by atoms with Crippen LogP contribution in [0.15, 0.2) is 47.7 Å². The first-order valence-electron chi connectivity index (χ1n) is 13.4. The molecule has 2 aromatic rings. The summed E-state index contributed by atoms with van der Waals surface area (Å²) in [6.45, 7) is 10.6. The van der Waals surface area contributed by atoms with E-state index in [0.717, 1.165) is 34.5 Å². The predicted molar refractivity (Wildman–Crippen MR) is 146 cm³/mol. The highest BCUT2D eigenvalue weighted by Crippen LogP contribution is 2.48. The molecule has 2 aliphatic rings. The van der Waals surface area contributed by atoms with Crippen LogP contribution in [0.4, 0.5) is 0 Å². The number of ether oxygens (including phenoxy) is 1. The van der Waals surface area contributed by atoms with Gasteiger partial charge >= 0.3 is 5.97 Å². The first-order chi connectivity index (χ1) is 17.7. The van der Waals surface area contributed by atoms with E-state index in [2.05, 4.69) is 20.8 Å². The zero-order valence-electron chi connectivity index (χ0n) is 22.5. The van der Waals surface area contributed by atoms with Gasteiger partial charge in [0.05, 0.1) is 18.1 Å². The number of amides is 1. The topological polar surface area (TPSA) is 96.3 Å². The summed E-state index contributed by atoms with van der Waals surface area (Å²) >= 11 is 0. The van der Waals surface area contributed by atoms with Gasteiger partial charge in [-0.3, -0.25) is 4.79 Å². The van der Waals surface area contributed by atoms with E-state index in [1.807, 2.05) is 50.2 Å². The van der Waals surface area contributed by atoms with E-state index in [0.29, 0.717) is 17.7 Å². The van der Waals surface area contributed by atoms with E-state index in [-0.39, 0.29) is 48.8 Å². The predicted octanol–water partition coefficient (Wildman–Crippen LogP) is 4.98. The molecule has 2 aliphatic heterocycles. The lowest BCUT2D eigenvalue weighted by Crippen LogP contribution is -2.65. The molecule has 4 atom stereocenters. The number of carboxylic acids is 1. The van der Waals surface area contributed by atoms with Gasteiger partial charge in [-0.15, -0.1) is 0 Å². The molecule has 2 aromatic carbocycles. The van der Waals surface area contributed by atoms with E-state index in [1.165, 1.54) is 4.90 Å². The fraction of sp³-hybridized carbons (Fsp3) is 0.517. The van der Waals surface area contributed by atoms with Crippen LogP contribution in [0.2, 0.25) is 18.1 Å². The number of nitrogens with zero attached hydrogens (tertiary/aromatic N) is 1. The summed E-state index contributed by atoms with van der Waals surface area (Å²) < 4.78 is 12.9. The van der Waals surface area contributed by atoms with E-state index in [1.54, 1.807) is 0 Å². The van der Waals surface area contributed by atoms with Crippen molar-refractivity contribution in [3.63, 3.8) is 0 Å². The summed E-state index contributed by atoms with van der Waals surface area (Å²) in [6, 6.07) is 14.4. The molecule has 0 aliphatic carbocycles. The normalized spacial score (nSPS) is 22.3. The molecule has 8 heteroatoms. The number of hydrogen-bond acceptors (Lipinski definition) is 5. The first kappa shape index (κ1) is 27.4. The average molecular weight is 526 g/mol. The van der Waals surface area contributed by atoms with Crippen molar-refractivity contribution in [1.29, 1.82) is 0 Å². The van der Waals surface area contributed by atoms with Crippen molar-refractivity contribution in [3.05, 3.63) is 53.2 Å². The molecule has 7 nitrogen and oxygen atoms in total. The number of benzene rings is 2. The minimum absolute atomic E-state index is 0.0529. The number of rotatable bonds is 12. The molecule has 0 spiro atoms. The van der Waals surface area contributed by atoms with Crippen LogP contribution >= 0.6 is 0 Å². The van der Waals surface area contributed by atoms with Crippen LogP contribution in [0.25, 0.3) is 10.8 Å². The Labute approximate surface area is 220 Å². The van der Waals surface area contributed by atoms with Crippen molar-refractivity contribution >= 4 is 31.0 Å². The molecule has 4 rings (SSSR count). The van der Waals surface area contributed by atoms with Crippen LogP contribution in [-0.4, -0.2) is 60.7 Å². The Hall–Kier alpha value is -2.68. The monoisotopic (exact) mass is 525 g/mol. The van der Waals surface area contributed by atoms with Gasteiger partial charge in [-0.25, -0.2) is 4.79 Å². The maximum Gasteiger partial charge on any atom is 0.352 e. The van der Waals surface area contributed by atoms with E-state index in [4.69, 9.17) is 9.16 Å². The second-order valence-electron chi connectivity index (χ2n) is 10.3. The molecule has 1 unspecified atom stereocenters. The third kappa shape index (κ3) is 4.71. The van der Waals surface area contributed by atoms with Crippen molar-refractivity contribution in [3.8, 4) is 5.75 Å². The SMILES string of the molecule is CC[Si](CC)(CC)O[C@H](C)[C@H]1C(=O)N2C(C(=O)O)=C(COc3cccc4c(CCO)cccc34)[C@H](C)C12. The van der Waals surface area contributed by atoms with Crippen LogP contribution in [0.3, 0.4) is 0 Å². The van der Waals surface area contributed by atoms with Gasteiger partial charge in [0.25, 0.3) is 0 Å². The fourth-order valence-electron chi connectivity index (χ4n) is 6.25. The highest BCUT2D eigenvalue weighted by Gasteiger charge is 2.60. The Kier molecular flexibility index (Phi) is 8.11. The number of fused-ring (bicyclic) bond motifs is 2. The van der Waals surface area contributed by atoms with Gasteiger partial charge in [0.2, 0.25) is 5.91 Å². The van der Waals surface area contributed by atoms with Crippen molar-refractivity contribution in [2.75, 3.05) is 13.2 Å². The molecule has 0 aromatic heterocycles. The Morgan fingerprint density at radius 1 is 1.08 bits per heavy atom. The smallest absolute Gasteiger partial charge is 0.352 e. The Morgan fingerprint density at radius 2 is 1.73 bits per heavy atom. The minimum atomic E-state index is -1.91.